The number of hydrogen-bond donors (Lipinski definition) is 0. The van der Waals surface area contributed by atoms with Gasteiger partial charge in [-0.1, -0.05) is 25.5 Å². The normalized spacial score (nSPS) is 16.8. The van der Waals surface area contributed by atoms with Gasteiger partial charge in [0.25, 0.3) is 0 Å². The SMILES string of the molecule is CCCc1cccc(N(CC)C2CCOCC2)c1. The molecule has 1 heterocycles. The molecule has 1 aliphatic rings. The first-order valence-electron chi connectivity index (χ1n) is 7.28. The molecule has 0 aliphatic carbocycles. The van der Waals surface area contributed by atoms with Crippen LogP contribution in [0.2, 0.25) is 0 Å². The first-order chi connectivity index (χ1) is 8.85. The highest BCUT2D eigenvalue weighted by Crippen LogP contribution is 2.24. The van der Waals surface area contributed by atoms with E-state index >= 15 is 0 Å². The lowest BCUT2D eigenvalue weighted by Crippen LogP contribution is -2.39. The molecule has 100 valence electrons. The topological polar surface area (TPSA) is 12.5 Å². The zero-order valence-corrected chi connectivity index (χ0v) is 11.7. The second-order valence-corrected chi connectivity index (χ2v) is 5.05. The standard InChI is InChI=1S/C16H25NO/c1-3-6-14-7-5-8-16(13-14)17(4-2)15-9-11-18-12-10-15/h5,7-8,13,15H,3-4,6,9-12H2,1-2H3. The molecule has 0 N–H and O–H groups in total. The molecule has 1 fully saturated rings. The van der Waals surface area contributed by atoms with Gasteiger partial charge in [-0.15, -0.1) is 0 Å². The van der Waals surface area contributed by atoms with Crippen LogP contribution in [-0.2, 0) is 11.2 Å². The third-order valence-electron chi connectivity index (χ3n) is 3.75. The highest BCUT2D eigenvalue weighted by molar-refractivity contribution is 5.49. The van der Waals surface area contributed by atoms with Gasteiger partial charge in [0, 0.05) is 31.5 Å². The van der Waals surface area contributed by atoms with Gasteiger partial charge in [0.15, 0.2) is 0 Å². The van der Waals surface area contributed by atoms with Crippen molar-refractivity contribution in [1.29, 1.82) is 0 Å². The van der Waals surface area contributed by atoms with Crippen LogP contribution in [0.3, 0.4) is 0 Å². The quantitative estimate of drug-likeness (QED) is 0.787. The molecule has 0 amide bonds. The van der Waals surface area contributed by atoms with Crippen LogP contribution < -0.4 is 4.90 Å². The van der Waals surface area contributed by atoms with Gasteiger partial charge in [-0.3, -0.25) is 0 Å². The van der Waals surface area contributed by atoms with Crippen molar-refractivity contribution >= 4 is 5.69 Å². The molecule has 0 bridgehead atoms. The van der Waals surface area contributed by atoms with Gasteiger partial charge in [0.1, 0.15) is 0 Å². The number of hydrogen-bond acceptors (Lipinski definition) is 2. The summed E-state index contributed by atoms with van der Waals surface area (Å²) in [6, 6.07) is 9.70. The maximum absolute atomic E-state index is 5.47. The fourth-order valence-corrected chi connectivity index (χ4v) is 2.83. The molecule has 1 aliphatic heterocycles. The lowest BCUT2D eigenvalue weighted by Gasteiger charge is -2.35. The van der Waals surface area contributed by atoms with Crippen molar-refractivity contribution in [1.82, 2.24) is 0 Å². The number of anilines is 1. The Labute approximate surface area is 111 Å². The Morgan fingerprint density at radius 1 is 1.22 bits per heavy atom. The van der Waals surface area contributed by atoms with E-state index in [1.165, 1.54) is 24.1 Å². The summed E-state index contributed by atoms with van der Waals surface area (Å²) in [4.78, 5) is 2.54. The Balaban J connectivity index is 2.12. The monoisotopic (exact) mass is 247 g/mol. The van der Waals surface area contributed by atoms with Crippen LogP contribution in [0, 0.1) is 0 Å². The van der Waals surface area contributed by atoms with Crippen molar-refractivity contribution in [2.75, 3.05) is 24.7 Å². The average molecular weight is 247 g/mol. The van der Waals surface area contributed by atoms with Crippen molar-refractivity contribution in [3.63, 3.8) is 0 Å². The van der Waals surface area contributed by atoms with Crippen molar-refractivity contribution in [3.8, 4) is 0 Å². The van der Waals surface area contributed by atoms with Crippen molar-refractivity contribution in [2.24, 2.45) is 0 Å². The molecule has 18 heavy (non-hydrogen) atoms. The Hall–Kier alpha value is -1.02. The number of benzene rings is 1. The van der Waals surface area contributed by atoms with E-state index in [0.717, 1.165) is 32.6 Å². The summed E-state index contributed by atoms with van der Waals surface area (Å²) >= 11 is 0. The lowest BCUT2D eigenvalue weighted by atomic mass is 10.0. The highest BCUT2D eigenvalue weighted by atomic mass is 16.5. The number of aryl methyl sites for hydroxylation is 1. The van der Waals surface area contributed by atoms with E-state index in [2.05, 4.69) is 43.0 Å². The molecule has 0 unspecified atom stereocenters. The van der Waals surface area contributed by atoms with Gasteiger partial charge in [0.05, 0.1) is 0 Å². The van der Waals surface area contributed by atoms with Crippen LogP contribution in [0.1, 0.15) is 38.7 Å². The Bertz CT molecular complexity index is 358. The van der Waals surface area contributed by atoms with E-state index in [9.17, 15) is 0 Å². The van der Waals surface area contributed by atoms with E-state index in [-0.39, 0.29) is 0 Å². The van der Waals surface area contributed by atoms with Crippen LogP contribution in [-0.4, -0.2) is 25.8 Å². The van der Waals surface area contributed by atoms with Gasteiger partial charge in [-0.25, -0.2) is 0 Å². The summed E-state index contributed by atoms with van der Waals surface area (Å²) < 4.78 is 5.47. The van der Waals surface area contributed by atoms with Gasteiger partial charge < -0.3 is 9.64 Å². The summed E-state index contributed by atoms with van der Waals surface area (Å²) in [5, 5.41) is 0. The smallest absolute Gasteiger partial charge is 0.0485 e. The lowest BCUT2D eigenvalue weighted by molar-refractivity contribution is 0.0846. The molecular weight excluding hydrogens is 222 g/mol. The molecule has 0 atom stereocenters. The third kappa shape index (κ3) is 3.26. The van der Waals surface area contributed by atoms with Crippen LogP contribution >= 0.6 is 0 Å². The molecule has 0 radical (unpaired) electrons. The van der Waals surface area contributed by atoms with Gasteiger partial charge in [-0.05, 0) is 43.9 Å². The molecule has 0 aromatic heterocycles. The highest BCUT2D eigenvalue weighted by Gasteiger charge is 2.20. The maximum atomic E-state index is 5.47. The van der Waals surface area contributed by atoms with Gasteiger partial charge >= 0.3 is 0 Å². The number of rotatable bonds is 5. The fourth-order valence-electron chi connectivity index (χ4n) is 2.83. The predicted octanol–water partition coefficient (Wildman–Crippen LogP) is 3.64. The van der Waals surface area contributed by atoms with Crippen LogP contribution in [0.5, 0.6) is 0 Å². The predicted molar refractivity (Wildman–Crippen MR) is 77.3 cm³/mol. The Kier molecular flexibility index (Phi) is 5.06. The zero-order chi connectivity index (χ0) is 12.8. The first-order valence-corrected chi connectivity index (χ1v) is 7.28. The van der Waals surface area contributed by atoms with Crippen LogP contribution in [0.4, 0.5) is 5.69 Å². The largest absolute Gasteiger partial charge is 0.381 e. The molecule has 2 rings (SSSR count). The summed E-state index contributed by atoms with van der Waals surface area (Å²) in [5.74, 6) is 0. The van der Waals surface area contributed by atoms with Crippen LogP contribution in [0.25, 0.3) is 0 Å². The Morgan fingerprint density at radius 2 is 2.00 bits per heavy atom. The molecule has 0 spiro atoms. The number of ether oxygens (including phenoxy) is 1. The molecule has 1 aromatic rings. The van der Waals surface area contributed by atoms with E-state index in [0.29, 0.717) is 6.04 Å². The minimum atomic E-state index is 0.653. The van der Waals surface area contributed by atoms with Gasteiger partial charge in [0.2, 0.25) is 0 Å². The number of nitrogens with zero attached hydrogens (tertiary/aromatic N) is 1. The van der Waals surface area contributed by atoms with Crippen molar-refractivity contribution in [2.45, 2.75) is 45.6 Å². The summed E-state index contributed by atoms with van der Waals surface area (Å²) in [5.41, 5.74) is 2.84. The van der Waals surface area contributed by atoms with Crippen molar-refractivity contribution < 1.29 is 4.74 Å². The molecule has 1 saturated heterocycles. The third-order valence-corrected chi connectivity index (χ3v) is 3.75. The van der Waals surface area contributed by atoms with E-state index in [1.54, 1.807) is 0 Å². The summed E-state index contributed by atoms with van der Waals surface area (Å²) in [7, 11) is 0. The molecule has 1 aromatic carbocycles. The van der Waals surface area contributed by atoms with Gasteiger partial charge in [-0.2, -0.15) is 0 Å². The minimum Gasteiger partial charge on any atom is -0.381 e. The molecule has 2 nitrogen and oxygen atoms in total. The zero-order valence-electron chi connectivity index (χ0n) is 11.7. The second kappa shape index (κ2) is 6.79. The summed E-state index contributed by atoms with van der Waals surface area (Å²) in [6.07, 6.45) is 4.71. The summed E-state index contributed by atoms with van der Waals surface area (Å²) in [6.45, 7) is 7.40. The minimum absolute atomic E-state index is 0.653. The first kappa shape index (κ1) is 13.4. The van der Waals surface area contributed by atoms with Crippen molar-refractivity contribution in [3.05, 3.63) is 29.8 Å². The van der Waals surface area contributed by atoms with E-state index < -0.39 is 0 Å². The van der Waals surface area contributed by atoms with E-state index in [4.69, 9.17) is 4.74 Å². The average Bonchev–Trinajstić information content (AvgIpc) is 2.42. The Morgan fingerprint density at radius 3 is 2.67 bits per heavy atom. The molecular formula is C16H25NO. The second-order valence-electron chi connectivity index (χ2n) is 5.05. The molecule has 0 saturated carbocycles. The molecule has 2 heteroatoms. The van der Waals surface area contributed by atoms with Crippen LogP contribution in [0.15, 0.2) is 24.3 Å². The fraction of sp³-hybridized carbons (Fsp3) is 0.625. The van der Waals surface area contributed by atoms with E-state index in [1.807, 2.05) is 0 Å². The maximum Gasteiger partial charge on any atom is 0.0485 e.